The number of piperazine rings is 1. The monoisotopic (exact) mass is 483 g/mol. The number of rotatable bonds is 4. The molecule has 1 atom stereocenters. The smallest absolute Gasteiger partial charge is 0.267 e. The minimum atomic E-state index is -0.707. The van der Waals surface area contributed by atoms with Crippen LogP contribution in [0.1, 0.15) is 40.6 Å². The van der Waals surface area contributed by atoms with E-state index in [1.54, 1.807) is 23.1 Å². The van der Waals surface area contributed by atoms with Crippen molar-refractivity contribution in [1.29, 1.82) is 0 Å². The molecule has 2 fully saturated rings. The van der Waals surface area contributed by atoms with Crippen molar-refractivity contribution < 1.29 is 18.8 Å². The maximum Gasteiger partial charge on any atom is 0.267 e. The minimum absolute atomic E-state index is 0.0845. The molecule has 5 rings (SSSR count). The van der Waals surface area contributed by atoms with E-state index in [1.165, 1.54) is 22.7 Å². The van der Waals surface area contributed by atoms with E-state index in [0.717, 1.165) is 12.8 Å². The van der Waals surface area contributed by atoms with E-state index in [2.05, 4.69) is 5.10 Å². The van der Waals surface area contributed by atoms with Crippen molar-refractivity contribution in [2.45, 2.75) is 25.8 Å². The highest BCUT2D eigenvalue weighted by Crippen LogP contribution is 2.32. The molecule has 8 nitrogen and oxygen atoms in total. The topological polar surface area (TPSA) is 101 Å². The summed E-state index contributed by atoms with van der Waals surface area (Å²) in [5.41, 5.74) is 6.61. The average Bonchev–Trinajstić information content (AvgIpc) is 3.61. The zero-order valence-corrected chi connectivity index (χ0v) is 19.3. The van der Waals surface area contributed by atoms with Gasteiger partial charge in [0.15, 0.2) is 0 Å². The van der Waals surface area contributed by atoms with Crippen molar-refractivity contribution in [1.82, 2.24) is 19.4 Å². The molecule has 1 saturated carbocycles. The summed E-state index contributed by atoms with van der Waals surface area (Å²) in [5.74, 6) is -1.30. The first-order valence-corrected chi connectivity index (χ1v) is 11.5. The summed E-state index contributed by atoms with van der Waals surface area (Å²) >= 11 is 6.13. The molecule has 0 radical (unpaired) electrons. The molecular formula is C24H23ClFN5O3. The SMILES string of the molecule is CC1CN(C(=O)c2ccc(-c3ccc4c(Cl)cc(C(N)=O)n4n3)c(F)c2)CCN1C(=O)C1CC1. The Bertz CT molecular complexity index is 1340. The fourth-order valence-corrected chi connectivity index (χ4v) is 4.68. The van der Waals surface area contributed by atoms with Gasteiger partial charge in [-0.2, -0.15) is 5.10 Å². The number of hydrogen-bond acceptors (Lipinski definition) is 4. The first-order chi connectivity index (χ1) is 16.2. The number of hydrogen-bond donors (Lipinski definition) is 1. The summed E-state index contributed by atoms with van der Waals surface area (Å²) in [6.45, 7) is 3.23. The number of primary amides is 1. The average molecular weight is 484 g/mol. The second-order valence-electron chi connectivity index (χ2n) is 8.86. The lowest BCUT2D eigenvalue weighted by Crippen LogP contribution is -2.55. The molecule has 34 heavy (non-hydrogen) atoms. The van der Waals surface area contributed by atoms with E-state index in [0.29, 0.717) is 30.2 Å². The van der Waals surface area contributed by atoms with E-state index < -0.39 is 11.7 Å². The van der Waals surface area contributed by atoms with Crippen molar-refractivity contribution in [2.24, 2.45) is 11.7 Å². The highest BCUT2D eigenvalue weighted by Gasteiger charge is 2.38. The third-order valence-electron chi connectivity index (χ3n) is 6.44. The molecule has 10 heteroatoms. The third kappa shape index (κ3) is 3.90. The van der Waals surface area contributed by atoms with Gasteiger partial charge in [-0.15, -0.1) is 0 Å². The minimum Gasteiger partial charge on any atom is -0.364 e. The second kappa shape index (κ2) is 8.39. The van der Waals surface area contributed by atoms with E-state index >= 15 is 4.39 Å². The van der Waals surface area contributed by atoms with Gasteiger partial charge >= 0.3 is 0 Å². The van der Waals surface area contributed by atoms with Gasteiger partial charge in [0, 0.05) is 42.7 Å². The Morgan fingerprint density at radius 2 is 1.88 bits per heavy atom. The largest absolute Gasteiger partial charge is 0.364 e. The number of halogens is 2. The van der Waals surface area contributed by atoms with Crippen LogP contribution >= 0.6 is 11.6 Å². The standard InChI is InChI=1S/C24H23ClFN5O3/c1-13-12-29(8-9-30(13)24(34)14-2-3-14)23(33)15-4-5-16(18(26)10-15)19-6-7-20-17(25)11-21(22(27)32)31(20)28-19/h4-7,10-11,13-14H,2-3,8-9,12H2,1H3,(H2,27,32). The zero-order valence-electron chi connectivity index (χ0n) is 18.5. The number of benzene rings is 1. The molecule has 3 aromatic rings. The quantitative estimate of drug-likeness (QED) is 0.616. The van der Waals surface area contributed by atoms with Crippen LogP contribution in [0.25, 0.3) is 16.8 Å². The van der Waals surface area contributed by atoms with Gasteiger partial charge < -0.3 is 15.5 Å². The molecule has 2 aromatic heterocycles. The van der Waals surface area contributed by atoms with Gasteiger partial charge in [0.1, 0.15) is 11.5 Å². The molecule has 1 aromatic carbocycles. The van der Waals surface area contributed by atoms with E-state index in [-0.39, 0.29) is 46.3 Å². The molecule has 0 bridgehead atoms. The molecule has 1 aliphatic heterocycles. The predicted molar refractivity (Wildman–Crippen MR) is 124 cm³/mol. The summed E-state index contributed by atoms with van der Waals surface area (Å²) < 4.78 is 16.4. The highest BCUT2D eigenvalue weighted by molar-refractivity contribution is 6.34. The summed E-state index contributed by atoms with van der Waals surface area (Å²) in [4.78, 5) is 40.6. The van der Waals surface area contributed by atoms with Gasteiger partial charge in [-0.25, -0.2) is 8.91 Å². The van der Waals surface area contributed by atoms with E-state index in [9.17, 15) is 14.4 Å². The number of aromatic nitrogens is 2. The summed E-state index contributed by atoms with van der Waals surface area (Å²) in [6.07, 6.45) is 1.89. The summed E-state index contributed by atoms with van der Waals surface area (Å²) in [5, 5.41) is 4.63. The van der Waals surface area contributed by atoms with Crippen molar-refractivity contribution in [3.63, 3.8) is 0 Å². The molecule has 3 heterocycles. The molecule has 2 N–H and O–H groups in total. The third-order valence-corrected chi connectivity index (χ3v) is 6.74. The Morgan fingerprint density at radius 1 is 1.12 bits per heavy atom. The van der Waals surface area contributed by atoms with Crippen molar-refractivity contribution >= 4 is 34.8 Å². The predicted octanol–water partition coefficient (Wildman–Crippen LogP) is 2.98. The lowest BCUT2D eigenvalue weighted by atomic mass is 10.1. The zero-order chi connectivity index (χ0) is 24.1. The van der Waals surface area contributed by atoms with Gasteiger partial charge in [0.2, 0.25) is 5.91 Å². The Balaban J connectivity index is 1.37. The fraction of sp³-hybridized carbons (Fsp3) is 0.333. The van der Waals surface area contributed by atoms with Gasteiger partial charge in [-0.05, 0) is 56.2 Å². The number of nitrogens with two attached hydrogens (primary N) is 1. The van der Waals surface area contributed by atoms with E-state index in [4.69, 9.17) is 17.3 Å². The molecule has 2 aliphatic rings. The van der Waals surface area contributed by atoms with Crippen LogP contribution in [0.15, 0.2) is 36.4 Å². The van der Waals surface area contributed by atoms with Crippen LogP contribution in [0.2, 0.25) is 5.02 Å². The van der Waals surface area contributed by atoms with Crippen LogP contribution in [0.4, 0.5) is 4.39 Å². The van der Waals surface area contributed by atoms with Crippen LogP contribution in [0.5, 0.6) is 0 Å². The van der Waals surface area contributed by atoms with Crippen LogP contribution in [0, 0.1) is 11.7 Å². The molecule has 1 saturated heterocycles. The van der Waals surface area contributed by atoms with Crippen LogP contribution in [-0.2, 0) is 4.79 Å². The Hall–Kier alpha value is -3.46. The van der Waals surface area contributed by atoms with Gasteiger partial charge in [0.25, 0.3) is 11.8 Å². The number of carbonyl (C=O) groups is 3. The Labute approximate surface area is 200 Å². The molecule has 1 aliphatic carbocycles. The van der Waals surface area contributed by atoms with Gasteiger partial charge in [0.05, 0.1) is 16.2 Å². The summed E-state index contributed by atoms with van der Waals surface area (Å²) in [6, 6.07) is 8.77. The molecule has 3 amide bonds. The maximum atomic E-state index is 15.1. The number of nitrogens with zero attached hydrogens (tertiary/aromatic N) is 4. The summed E-state index contributed by atoms with van der Waals surface area (Å²) in [7, 11) is 0. The van der Waals surface area contributed by atoms with Crippen LogP contribution in [0.3, 0.4) is 0 Å². The first-order valence-electron chi connectivity index (χ1n) is 11.1. The number of carbonyl (C=O) groups excluding carboxylic acids is 3. The normalized spacial score (nSPS) is 18.4. The van der Waals surface area contributed by atoms with Crippen molar-refractivity contribution in [2.75, 3.05) is 19.6 Å². The van der Waals surface area contributed by atoms with E-state index in [1.807, 2.05) is 11.8 Å². The van der Waals surface area contributed by atoms with Crippen LogP contribution < -0.4 is 5.73 Å². The maximum absolute atomic E-state index is 15.1. The number of fused-ring (bicyclic) bond motifs is 1. The van der Waals surface area contributed by atoms with Gasteiger partial charge in [-0.1, -0.05) is 11.6 Å². The van der Waals surface area contributed by atoms with Crippen molar-refractivity contribution in [3.8, 4) is 11.3 Å². The van der Waals surface area contributed by atoms with Gasteiger partial charge in [-0.3, -0.25) is 14.4 Å². The lowest BCUT2D eigenvalue weighted by Gasteiger charge is -2.40. The Morgan fingerprint density at radius 3 is 2.53 bits per heavy atom. The lowest BCUT2D eigenvalue weighted by molar-refractivity contribution is -0.136. The fourth-order valence-electron chi connectivity index (χ4n) is 4.43. The molecule has 176 valence electrons. The molecular weight excluding hydrogens is 461 g/mol. The van der Waals surface area contributed by atoms with Crippen molar-refractivity contribution in [3.05, 3.63) is 58.5 Å². The number of amides is 3. The van der Waals surface area contributed by atoms with Crippen LogP contribution in [-0.4, -0.2) is 62.8 Å². The highest BCUT2D eigenvalue weighted by atomic mass is 35.5. The second-order valence-corrected chi connectivity index (χ2v) is 9.27. The molecule has 0 spiro atoms. The Kier molecular flexibility index (Phi) is 5.51. The first kappa shape index (κ1) is 22.3. The molecule has 1 unspecified atom stereocenters.